The second-order valence-electron chi connectivity index (χ2n) is 12.4. The second kappa shape index (κ2) is 22.3. The summed E-state index contributed by atoms with van der Waals surface area (Å²) in [4.78, 5) is 32.3. The standard InChI is InChI=1S/C35H58N5O5P/c1-2-3-4-5-6-7-8-9-10-11-12-13-14-15-16-20-25-44-26-23-31-37-34(36)33-35(38-31)40(24-27-45-29-46(41,42)43)32(39-33)28-30-21-18-17-19-22-30/h17-19,21-22H,2-16,20,23-29H2,1H3,(H2,36,37,38)(H2,41,42,43). The summed E-state index contributed by atoms with van der Waals surface area (Å²) in [5, 5.41) is 0. The molecule has 0 fully saturated rings. The molecule has 0 bridgehead atoms. The van der Waals surface area contributed by atoms with Crippen molar-refractivity contribution >= 4 is 24.6 Å². The Labute approximate surface area is 276 Å². The zero-order valence-corrected chi connectivity index (χ0v) is 29.0. The van der Waals surface area contributed by atoms with E-state index in [0.29, 0.717) is 48.8 Å². The van der Waals surface area contributed by atoms with Crippen molar-refractivity contribution in [1.82, 2.24) is 19.5 Å². The molecule has 0 aliphatic rings. The summed E-state index contributed by atoms with van der Waals surface area (Å²) in [6.45, 7) is 3.94. The summed E-state index contributed by atoms with van der Waals surface area (Å²) in [5.74, 6) is 1.63. The van der Waals surface area contributed by atoms with E-state index in [9.17, 15) is 4.57 Å². The molecule has 11 heteroatoms. The monoisotopic (exact) mass is 659 g/mol. The van der Waals surface area contributed by atoms with Crippen molar-refractivity contribution < 1.29 is 23.8 Å². The van der Waals surface area contributed by atoms with Crippen LogP contribution in [0.25, 0.3) is 11.2 Å². The van der Waals surface area contributed by atoms with Gasteiger partial charge in [-0.25, -0.2) is 15.0 Å². The van der Waals surface area contributed by atoms with E-state index < -0.39 is 13.9 Å². The molecule has 46 heavy (non-hydrogen) atoms. The number of hydrogen-bond acceptors (Lipinski definition) is 7. The van der Waals surface area contributed by atoms with Crippen molar-refractivity contribution in [2.24, 2.45) is 0 Å². The molecule has 0 radical (unpaired) electrons. The number of anilines is 1. The first kappa shape index (κ1) is 38.1. The zero-order chi connectivity index (χ0) is 32.9. The Kier molecular flexibility index (Phi) is 18.4. The smallest absolute Gasteiger partial charge is 0.350 e. The molecule has 1 aromatic carbocycles. The average Bonchev–Trinajstić information content (AvgIpc) is 3.37. The highest BCUT2D eigenvalue weighted by molar-refractivity contribution is 7.51. The van der Waals surface area contributed by atoms with Crippen molar-refractivity contribution in [2.75, 3.05) is 31.9 Å². The van der Waals surface area contributed by atoms with Gasteiger partial charge in [0.2, 0.25) is 0 Å². The highest BCUT2D eigenvalue weighted by atomic mass is 31.2. The fourth-order valence-electron chi connectivity index (χ4n) is 5.73. The van der Waals surface area contributed by atoms with Crippen LogP contribution in [-0.2, 0) is 33.4 Å². The predicted molar refractivity (Wildman–Crippen MR) is 186 cm³/mol. The SMILES string of the molecule is CCCCCCCCCCCCCCCCCCOCCc1nc(N)c2nc(Cc3ccccc3)n(CCOCP(=O)(O)O)c2n1. The highest BCUT2D eigenvalue weighted by Gasteiger charge is 2.18. The molecule has 0 unspecified atom stereocenters. The quantitative estimate of drug-likeness (QED) is 0.0548. The lowest BCUT2D eigenvalue weighted by atomic mass is 10.0. The molecular formula is C35H58N5O5P. The van der Waals surface area contributed by atoms with E-state index in [1.807, 2.05) is 34.9 Å². The number of unbranched alkanes of at least 4 members (excludes halogenated alkanes) is 15. The Bertz CT molecular complexity index is 1280. The highest BCUT2D eigenvalue weighted by Crippen LogP contribution is 2.33. The Morgan fingerprint density at radius 2 is 1.33 bits per heavy atom. The number of ether oxygens (including phenoxy) is 2. The largest absolute Gasteiger partial charge is 0.382 e. The second-order valence-corrected chi connectivity index (χ2v) is 14.0. The maximum Gasteiger partial charge on any atom is 0.350 e. The molecule has 0 saturated carbocycles. The number of fused-ring (bicyclic) bond motifs is 1. The van der Waals surface area contributed by atoms with Gasteiger partial charge in [-0.3, -0.25) is 4.57 Å². The molecule has 3 aromatic rings. The van der Waals surface area contributed by atoms with Crippen molar-refractivity contribution in [1.29, 1.82) is 0 Å². The molecule has 2 heterocycles. The van der Waals surface area contributed by atoms with Crippen LogP contribution in [0.15, 0.2) is 30.3 Å². The van der Waals surface area contributed by atoms with E-state index in [4.69, 9.17) is 35.0 Å². The van der Waals surface area contributed by atoms with Crippen molar-refractivity contribution in [3.63, 3.8) is 0 Å². The Balaban J connectivity index is 1.34. The van der Waals surface area contributed by atoms with Gasteiger partial charge in [0.1, 0.15) is 18.0 Å². The van der Waals surface area contributed by atoms with Gasteiger partial charge in [0, 0.05) is 26.0 Å². The van der Waals surface area contributed by atoms with E-state index in [-0.39, 0.29) is 6.61 Å². The fraction of sp³-hybridized carbons (Fsp3) is 0.686. The van der Waals surface area contributed by atoms with Gasteiger partial charge in [-0.05, 0) is 12.0 Å². The average molecular weight is 660 g/mol. The Morgan fingerprint density at radius 1 is 0.739 bits per heavy atom. The zero-order valence-electron chi connectivity index (χ0n) is 28.1. The van der Waals surface area contributed by atoms with Crippen LogP contribution in [0.4, 0.5) is 5.82 Å². The minimum atomic E-state index is -4.25. The molecule has 0 aliphatic carbocycles. The lowest BCUT2D eigenvalue weighted by Crippen LogP contribution is -2.12. The third-order valence-electron chi connectivity index (χ3n) is 8.28. The third kappa shape index (κ3) is 15.5. The first-order valence-electron chi connectivity index (χ1n) is 17.6. The van der Waals surface area contributed by atoms with Crippen molar-refractivity contribution in [3.05, 3.63) is 47.5 Å². The number of aromatic nitrogens is 4. The van der Waals surface area contributed by atoms with Gasteiger partial charge in [0.05, 0.1) is 13.2 Å². The molecule has 0 spiro atoms. The van der Waals surface area contributed by atoms with E-state index in [1.54, 1.807) is 0 Å². The van der Waals surface area contributed by atoms with Crippen LogP contribution in [-0.4, -0.2) is 55.5 Å². The summed E-state index contributed by atoms with van der Waals surface area (Å²) in [7, 11) is -4.25. The molecule has 10 nitrogen and oxygen atoms in total. The number of benzene rings is 1. The molecule has 0 amide bonds. The van der Waals surface area contributed by atoms with Gasteiger partial charge in [0.15, 0.2) is 17.0 Å². The lowest BCUT2D eigenvalue weighted by Gasteiger charge is -2.11. The minimum absolute atomic E-state index is 0.0972. The summed E-state index contributed by atoms with van der Waals surface area (Å²) in [5.41, 5.74) is 8.49. The summed E-state index contributed by atoms with van der Waals surface area (Å²) in [6.07, 6.45) is 22.0. The number of imidazole rings is 1. The van der Waals surface area contributed by atoms with Crippen LogP contribution >= 0.6 is 7.60 Å². The van der Waals surface area contributed by atoms with Crippen molar-refractivity contribution in [3.8, 4) is 0 Å². The molecule has 4 N–H and O–H groups in total. The number of nitrogens with two attached hydrogens (primary N) is 1. The van der Waals surface area contributed by atoms with Gasteiger partial charge < -0.3 is 29.6 Å². The summed E-state index contributed by atoms with van der Waals surface area (Å²) >= 11 is 0. The maximum atomic E-state index is 11.2. The first-order valence-corrected chi connectivity index (χ1v) is 19.4. The van der Waals surface area contributed by atoms with E-state index in [1.165, 1.54) is 96.3 Å². The topological polar surface area (TPSA) is 146 Å². The van der Waals surface area contributed by atoms with E-state index in [2.05, 4.69) is 11.9 Å². The molecule has 2 aromatic heterocycles. The third-order valence-corrected chi connectivity index (χ3v) is 8.80. The van der Waals surface area contributed by atoms with E-state index in [0.717, 1.165) is 24.4 Å². The molecule has 0 saturated heterocycles. The van der Waals surface area contributed by atoms with Gasteiger partial charge in [0.25, 0.3) is 0 Å². The van der Waals surface area contributed by atoms with Gasteiger partial charge in [-0.15, -0.1) is 0 Å². The van der Waals surface area contributed by atoms with Gasteiger partial charge >= 0.3 is 7.60 Å². The maximum absolute atomic E-state index is 11.2. The number of nitrogens with zero attached hydrogens (tertiary/aromatic N) is 4. The first-order chi connectivity index (χ1) is 22.4. The summed E-state index contributed by atoms with van der Waals surface area (Å²) in [6, 6.07) is 9.94. The lowest BCUT2D eigenvalue weighted by molar-refractivity contribution is 0.131. The normalized spacial score (nSPS) is 12.0. The minimum Gasteiger partial charge on any atom is -0.382 e. The van der Waals surface area contributed by atoms with Crippen molar-refractivity contribution in [2.45, 2.75) is 129 Å². The van der Waals surface area contributed by atoms with Crippen LogP contribution in [0.5, 0.6) is 0 Å². The Morgan fingerprint density at radius 3 is 1.91 bits per heavy atom. The van der Waals surface area contributed by atoms with Crippen LogP contribution in [0, 0.1) is 0 Å². The van der Waals surface area contributed by atoms with E-state index >= 15 is 0 Å². The number of rotatable bonds is 27. The van der Waals surface area contributed by atoms with Gasteiger partial charge in [-0.1, -0.05) is 134 Å². The van der Waals surface area contributed by atoms with Crippen LogP contribution in [0.2, 0.25) is 0 Å². The predicted octanol–water partition coefficient (Wildman–Crippen LogP) is 7.97. The molecule has 3 rings (SSSR count). The van der Waals surface area contributed by atoms with Gasteiger partial charge in [-0.2, -0.15) is 0 Å². The van der Waals surface area contributed by atoms with Crippen LogP contribution in [0.1, 0.15) is 127 Å². The summed E-state index contributed by atoms with van der Waals surface area (Å²) < 4.78 is 24.3. The molecular weight excluding hydrogens is 601 g/mol. The molecule has 0 atom stereocenters. The fourth-order valence-corrected chi connectivity index (χ4v) is 6.10. The molecule has 0 aliphatic heterocycles. The van der Waals surface area contributed by atoms with Crippen LogP contribution in [0.3, 0.4) is 0 Å². The number of hydrogen-bond donors (Lipinski definition) is 3. The Hall–Kier alpha value is -2.36. The van der Waals surface area contributed by atoms with Crippen LogP contribution < -0.4 is 5.73 Å². The molecule has 258 valence electrons. The number of nitrogen functional groups attached to an aromatic ring is 1.